The van der Waals surface area contributed by atoms with Gasteiger partial charge in [0.15, 0.2) is 0 Å². The molecule has 0 spiro atoms. The zero-order valence-corrected chi connectivity index (χ0v) is 16.4. The topological polar surface area (TPSA) is 69.2 Å². The Morgan fingerprint density at radius 2 is 1.81 bits per heavy atom. The van der Waals surface area contributed by atoms with Crippen LogP contribution in [0.3, 0.4) is 0 Å². The van der Waals surface area contributed by atoms with Crippen molar-refractivity contribution in [1.29, 1.82) is 0 Å². The number of benzene rings is 2. The van der Waals surface area contributed by atoms with E-state index in [1.807, 2.05) is 18.2 Å². The first kappa shape index (κ1) is 19.0. The molecule has 27 heavy (non-hydrogen) atoms. The summed E-state index contributed by atoms with van der Waals surface area (Å²) in [7, 11) is 0. The minimum Gasteiger partial charge on any atom is -0.372 e. The molecule has 3 aromatic rings. The van der Waals surface area contributed by atoms with Crippen molar-refractivity contribution in [1.82, 2.24) is 15.2 Å². The minimum absolute atomic E-state index is 0.529. The van der Waals surface area contributed by atoms with Crippen LogP contribution in [-0.4, -0.2) is 34.5 Å². The zero-order chi connectivity index (χ0) is 18.9. The van der Waals surface area contributed by atoms with Crippen LogP contribution < -0.4 is 10.3 Å². The average molecular weight is 381 g/mol. The molecule has 0 bridgehead atoms. The molecule has 0 saturated heterocycles. The Morgan fingerprint density at radius 3 is 2.52 bits per heavy atom. The molecule has 6 nitrogen and oxygen atoms in total. The second-order valence-corrected chi connectivity index (χ2v) is 6.82. The zero-order valence-electron chi connectivity index (χ0n) is 15.6. The Hall–Kier alpha value is -2.80. The van der Waals surface area contributed by atoms with Crippen LogP contribution in [0.25, 0.3) is 0 Å². The van der Waals surface area contributed by atoms with Crippen LogP contribution in [0, 0.1) is 0 Å². The van der Waals surface area contributed by atoms with Crippen LogP contribution in [0.5, 0.6) is 0 Å². The van der Waals surface area contributed by atoms with Gasteiger partial charge in [-0.2, -0.15) is 10.1 Å². The SMILES string of the molecule is CCN(CC)c1ccc(/C=N\Nc2nc(SCc3ccccc3)n[nH]2)cc1. The molecule has 1 heterocycles. The van der Waals surface area contributed by atoms with E-state index in [2.05, 4.69) is 80.9 Å². The van der Waals surface area contributed by atoms with Gasteiger partial charge in [0.05, 0.1) is 6.21 Å². The largest absolute Gasteiger partial charge is 0.372 e. The van der Waals surface area contributed by atoms with Gasteiger partial charge in [-0.25, -0.2) is 10.5 Å². The van der Waals surface area contributed by atoms with Crippen LogP contribution in [0.4, 0.5) is 11.6 Å². The molecule has 0 fully saturated rings. The van der Waals surface area contributed by atoms with Crippen LogP contribution in [0.2, 0.25) is 0 Å². The third-order valence-corrected chi connectivity index (χ3v) is 5.00. The van der Waals surface area contributed by atoms with E-state index in [0.29, 0.717) is 11.1 Å². The maximum Gasteiger partial charge on any atom is 0.240 e. The number of hydrogen-bond acceptors (Lipinski definition) is 6. The van der Waals surface area contributed by atoms with Crippen molar-refractivity contribution in [3.63, 3.8) is 0 Å². The van der Waals surface area contributed by atoms with Gasteiger partial charge in [-0.1, -0.05) is 54.2 Å². The standard InChI is InChI=1S/C20H24N6S/c1-3-26(4-2)18-12-10-16(11-13-18)14-21-23-19-22-20(25-24-19)27-15-17-8-6-5-7-9-17/h5-14H,3-4,15H2,1-2H3,(H2,22,23,24,25)/b21-14-. The molecule has 0 aliphatic carbocycles. The fraction of sp³-hybridized carbons (Fsp3) is 0.250. The summed E-state index contributed by atoms with van der Waals surface area (Å²) in [5.74, 6) is 1.36. The van der Waals surface area contributed by atoms with E-state index in [0.717, 1.165) is 24.4 Å². The monoisotopic (exact) mass is 380 g/mol. The maximum atomic E-state index is 4.38. The molecule has 0 unspecified atom stereocenters. The summed E-state index contributed by atoms with van der Waals surface area (Å²) in [4.78, 5) is 6.69. The number of aromatic amines is 1. The van der Waals surface area contributed by atoms with Gasteiger partial charge in [-0.3, -0.25) is 0 Å². The summed E-state index contributed by atoms with van der Waals surface area (Å²) in [6.07, 6.45) is 1.77. The van der Waals surface area contributed by atoms with Crippen molar-refractivity contribution in [2.45, 2.75) is 24.8 Å². The van der Waals surface area contributed by atoms with Crippen LogP contribution in [0.1, 0.15) is 25.0 Å². The lowest BCUT2D eigenvalue weighted by molar-refractivity contribution is 0.866. The number of aromatic nitrogens is 3. The molecule has 0 saturated carbocycles. The molecule has 0 aliphatic rings. The molecule has 140 valence electrons. The van der Waals surface area contributed by atoms with Crippen LogP contribution in [-0.2, 0) is 5.75 Å². The number of hydrogen-bond donors (Lipinski definition) is 2. The van der Waals surface area contributed by atoms with E-state index in [1.165, 1.54) is 11.3 Å². The van der Waals surface area contributed by atoms with E-state index < -0.39 is 0 Å². The van der Waals surface area contributed by atoms with Crippen molar-refractivity contribution in [3.8, 4) is 0 Å². The number of nitrogens with one attached hydrogen (secondary N) is 2. The van der Waals surface area contributed by atoms with Crippen molar-refractivity contribution < 1.29 is 0 Å². The minimum atomic E-state index is 0.529. The quantitative estimate of drug-likeness (QED) is 0.327. The van der Waals surface area contributed by atoms with Gasteiger partial charge in [0.1, 0.15) is 0 Å². The third kappa shape index (κ3) is 5.59. The van der Waals surface area contributed by atoms with Gasteiger partial charge in [0.25, 0.3) is 0 Å². The molecular weight excluding hydrogens is 356 g/mol. The number of rotatable bonds is 9. The van der Waals surface area contributed by atoms with Gasteiger partial charge >= 0.3 is 0 Å². The predicted molar refractivity (Wildman–Crippen MR) is 114 cm³/mol. The summed E-state index contributed by atoms with van der Waals surface area (Å²) in [6, 6.07) is 18.6. The Kier molecular flexibility index (Phi) is 6.87. The molecule has 3 rings (SSSR count). The fourth-order valence-electron chi connectivity index (χ4n) is 2.61. The van der Waals surface area contributed by atoms with E-state index in [9.17, 15) is 0 Å². The molecule has 2 aromatic carbocycles. The average Bonchev–Trinajstić information content (AvgIpc) is 3.17. The number of hydrazone groups is 1. The first-order chi connectivity index (χ1) is 13.3. The first-order valence-electron chi connectivity index (χ1n) is 9.01. The summed E-state index contributed by atoms with van der Waals surface area (Å²) in [5.41, 5.74) is 6.38. The van der Waals surface area contributed by atoms with Crippen LogP contribution >= 0.6 is 11.8 Å². The molecule has 7 heteroatoms. The van der Waals surface area contributed by atoms with Gasteiger partial charge in [0, 0.05) is 24.5 Å². The van der Waals surface area contributed by atoms with E-state index in [-0.39, 0.29) is 0 Å². The summed E-state index contributed by atoms with van der Waals surface area (Å²) in [5, 5.41) is 12.0. The maximum absolute atomic E-state index is 4.38. The second kappa shape index (κ2) is 9.78. The second-order valence-electron chi connectivity index (χ2n) is 5.87. The number of nitrogens with zero attached hydrogens (tertiary/aromatic N) is 4. The Morgan fingerprint density at radius 1 is 1.07 bits per heavy atom. The first-order valence-corrected chi connectivity index (χ1v) is 10.00. The lowest BCUT2D eigenvalue weighted by Gasteiger charge is -2.20. The van der Waals surface area contributed by atoms with Gasteiger partial charge in [-0.15, -0.1) is 5.10 Å². The molecule has 0 radical (unpaired) electrons. The number of H-pyrrole nitrogens is 1. The van der Waals surface area contributed by atoms with Gasteiger partial charge in [0.2, 0.25) is 11.1 Å². The molecule has 0 aliphatic heterocycles. The smallest absolute Gasteiger partial charge is 0.240 e. The normalized spacial score (nSPS) is 11.0. The highest BCUT2D eigenvalue weighted by atomic mass is 32.2. The van der Waals surface area contributed by atoms with Crippen molar-refractivity contribution in [2.75, 3.05) is 23.4 Å². The number of anilines is 2. The van der Waals surface area contributed by atoms with E-state index in [1.54, 1.807) is 18.0 Å². The lowest BCUT2D eigenvalue weighted by Crippen LogP contribution is -2.21. The third-order valence-electron chi connectivity index (χ3n) is 4.08. The van der Waals surface area contributed by atoms with Gasteiger partial charge in [-0.05, 0) is 37.1 Å². The summed E-state index contributed by atoms with van der Waals surface area (Å²) >= 11 is 1.58. The van der Waals surface area contributed by atoms with Crippen molar-refractivity contribution in [2.24, 2.45) is 5.10 Å². The Balaban J connectivity index is 1.50. The summed E-state index contributed by atoms with van der Waals surface area (Å²) < 4.78 is 0. The van der Waals surface area contributed by atoms with Crippen molar-refractivity contribution >= 4 is 29.6 Å². The fourth-order valence-corrected chi connectivity index (χ4v) is 3.37. The highest BCUT2D eigenvalue weighted by molar-refractivity contribution is 7.98. The Labute approximate surface area is 164 Å². The lowest BCUT2D eigenvalue weighted by atomic mass is 10.2. The highest BCUT2D eigenvalue weighted by Gasteiger charge is 2.04. The highest BCUT2D eigenvalue weighted by Crippen LogP contribution is 2.19. The predicted octanol–water partition coefficient (Wildman–Crippen LogP) is 4.39. The van der Waals surface area contributed by atoms with Gasteiger partial charge < -0.3 is 4.90 Å². The van der Waals surface area contributed by atoms with Crippen LogP contribution in [0.15, 0.2) is 64.9 Å². The molecule has 0 amide bonds. The van der Waals surface area contributed by atoms with E-state index >= 15 is 0 Å². The molecule has 0 atom stereocenters. The molecule has 2 N–H and O–H groups in total. The molecule has 1 aromatic heterocycles. The van der Waals surface area contributed by atoms with E-state index in [4.69, 9.17) is 0 Å². The summed E-state index contributed by atoms with van der Waals surface area (Å²) in [6.45, 7) is 6.32. The number of thioether (sulfide) groups is 1. The Bertz CT molecular complexity index is 840. The molecular formula is C20H24N6S. The van der Waals surface area contributed by atoms with Crippen molar-refractivity contribution in [3.05, 3.63) is 65.7 Å².